The van der Waals surface area contributed by atoms with Crippen LogP contribution in [-0.2, 0) is 0 Å². The van der Waals surface area contributed by atoms with Crippen molar-refractivity contribution in [3.63, 3.8) is 0 Å². The molecule has 1 aliphatic carbocycles. The molecule has 1 saturated heterocycles. The summed E-state index contributed by atoms with van der Waals surface area (Å²) in [5, 5.41) is 9.51. The molecule has 5 rings (SSSR count). The molecule has 3 heterocycles. The summed E-state index contributed by atoms with van der Waals surface area (Å²) in [6.45, 7) is 1.92. The number of piperidine rings is 1. The average molecular weight is 435 g/mol. The molecule has 1 aliphatic heterocycles. The first-order valence-corrected chi connectivity index (χ1v) is 11.0. The molecule has 2 aromatic heterocycles. The largest absolute Gasteiger partial charge is 0.342 e. The number of nitrogens with zero attached hydrogens (tertiary/aromatic N) is 5. The van der Waals surface area contributed by atoms with Gasteiger partial charge in [0.2, 0.25) is 5.95 Å². The SMILES string of the molecule is N[C@H]1CCC12CCN(c1ncc(Sc3cccc(Cl)c3Cl)c3nncn13)CC2. The summed E-state index contributed by atoms with van der Waals surface area (Å²) in [5.41, 5.74) is 7.40. The first-order chi connectivity index (χ1) is 13.6. The Hall–Kier alpha value is -1.54. The third kappa shape index (κ3) is 2.96. The van der Waals surface area contributed by atoms with Crippen LogP contribution in [0.15, 0.2) is 40.5 Å². The summed E-state index contributed by atoms with van der Waals surface area (Å²) in [4.78, 5) is 8.81. The maximum Gasteiger partial charge on any atom is 0.212 e. The van der Waals surface area contributed by atoms with Gasteiger partial charge in [-0.1, -0.05) is 41.0 Å². The molecule has 3 aromatic rings. The lowest BCUT2D eigenvalue weighted by Crippen LogP contribution is -2.56. The number of rotatable bonds is 3. The number of hydrogen-bond acceptors (Lipinski definition) is 6. The number of aromatic nitrogens is 4. The van der Waals surface area contributed by atoms with Crippen molar-refractivity contribution in [2.75, 3.05) is 18.0 Å². The second-order valence-corrected chi connectivity index (χ2v) is 9.46. The molecule has 1 spiro atoms. The number of fused-ring (bicyclic) bond motifs is 1. The highest BCUT2D eigenvalue weighted by Gasteiger charge is 2.46. The van der Waals surface area contributed by atoms with Gasteiger partial charge in [0.1, 0.15) is 6.33 Å². The van der Waals surface area contributed by atoms with Crippen molar-refractivity contribution in [2.24, 2.45) is 11.1 Å². The summed E-state index contributed by atoms with van der Waals surface area (Å²) in [5.74, 6) is 0.879. The first-order valence-electron chi connectivity index (χ1n) is 9.38. The van der Waals surface area contributed by atoms with E-state index >= 15 is 0 Å². The van der Waals surface area contributed by atoms with Crippen LogP contribution in [-0.4, -0.2) is 38.7 Å². The average Bonchev–Trinajstić information content (AvgIpc) is 3.21. The van der Waals surface area contributed by atoms with Gasteiger partial charge in [0.05, 0.1) is 14.9 Å². The minimum absolute atomic E-state index is 0.349. The van der Waals surface area contributed by atoms with Crippen LogP contribution in [0.5, 0.6) is 0 Å². The van der Waals surface area contributed by atoms with E-state index in [4.69, 9.17) is 33.9 Å². The second-order valence-electron chi connectivity index (χ2n) is 7.60. The summed E-state index contributed by atoms with van der Waals surface area (Å²) in [7, 11) is 0. The van der Waals surface area contributed by atoms with Gasteiger partial charge >= 0.3 is 0 Å². The molecular weight excluding hydrogens is 415 g/mol. The molecule has 2 fully saturated rings. The lowest BCUT2D eigenvalue weighted by molar-refractivity contribution is 0.0608. The van der Waals surface area contributed by atoms with Crippen molar-refractivity contribution < 1.29 is 0 Å². The molecule has 0 amide bonds. The Labute approximate surface area is 177 Å². The fourth-order valence-electron chi connectivity index (χ4n) is 4.27. The van der Waals surface area contributed by atoms with E-state index in [-0.39, 0.29) is 0 Å². The van der Waals surface area contributed by atoms with E-state index in [0.717, 1.165) is 53.7 Å². The minimum Gasteiger partial charge on any atom is -0.342 e. The standard InChI is InChI=1S/C19H20Cl2N6S/c20-12-2-1-3-13(16(12)21)28-14-10-23-18(27-11-24-25-17(14)27)26-8-6-19(7-9-26)5-4-15(19)22/h1-3,10-11,15H,4-9,22H2/t15-/m0/s1. The number of benzene rings is 1. The molecule has 9 heteroatoms. The van der Waals surface area contributed by atoms with E-state index in [9.17, 15) is 0 Å². The van der Waals surface area contributed by atoms with Gasteiger partial charge in [-0.3, -0.25) is 0 Å². The Balaban J connectivity index is 1.43. The van der Waals surface area contributed by atoms with Gasteiger partial charge in [-0.05, 0) is 43.2 Å². The summed E-state index contributed by atoms with van der Waals surface area (Å²) < 4.78 is 1.96. The molecule has 1 aromatic carbocycles. The van der Waals surface area contributed by atoms with Crippen molar-refractivity contribution in [2.45, 2.75) is 41.5 Å². The van der Waals surface area contributed by atoms with Crippen LogP contribution < -0.4 is 10.6 Å². The van der Waals surface area contributed by atoms with E-state index in [1.807, 2.05) is 22.7 Å². The van der Waals surface area contributed by atoms with Crippen molar-refractivity contribution in [3.05, 3.63) is 40.8 Å². The van der Waals surface area contributed by atoms with Crippen LogP contribution >= 0.6 is 35.0 Å². The highest BCUT2D eigenvalue weighted by molar-refractivity contribution is 7.99. The fourth-order valence-corrected chi connectivity index (χ4v) is 5.66. The molecular formula is C19H20Cl2N6S. The maximum atomic E-state index is 6.34. The van der Waals surface area contributed by atoms with Gasteiger partial charge in [-0.25, -0.2) is 9.38 Å². The van der Waals surface area contributed by atoms with Gasteiger partial charge in [0.15, 0.2) is 5.65 Å². The van der Waals surface area contributed by atoms with Crippen LogP contribution in [0.2, 0.25) is 10.0 Å². The highest BCUT2D eigenvalue weighted by Crippen LogP contribution is 2.48. The molecule has 0 bridgehead atoms. The van der Waals surface area contributed by atoms with Crippen molar-refractivity contribution in [3.8, 4) is 0 Å². The van der Waals surface area contributed by atoms with Crippen LogP contribution in [0, 0.1) is 5.41 Å². The Kier molecular flexibility index (Phi) is 4.66. The van der Waals surface area contributed by atoms with Gasteiger partial charge in [-0.15, -0.1) is 10.2 Å². The topological polar surface area (TPSA) is 72.3 Å². The number of halogens is 2. The van der Waals surface area contributed by atoms with Crippen molar-refractivity contribution in [1.29, 1.82) is 0 Å². The van der Waals surface area contributed by atoms with E-state index in [1.165, 1.54) is 18.2 Å². The smallest absolute Gasteiger partial charge is 0.212 e. The Morgan fingerprint density at radius 3 is 2.68 bits per heavy atom. The minimum atomic E-state index is 0.349. The zero-order valence-electron chi connectivity index (χ0n) is 15.2. The highest BCUT2D eigenvalue weighted by atomic mass is 35.5. The Morgan fingerprint density at radius 1 is 1.14 bits per heavy atom. The van der Waals surface area contributed by atoms with E-state index in [0.29, 0.717) is 21.5 Å². The molecule has 0 unspecified atom stereocenters. The van der Waals surface area contributed by atoms with E-state index in [2.05, 4.69) is 15.1 Å². The summed E-state index contributed by atoms with van der Waals surface area (Å²) in [6.07, 6.45) is 8.23. The lowest BCUT2D eigenvalue weighted by Gasteiger charge is -2.52. The van der Waals surface area contributed by atoms with Crippen LogP contribution in [0.3, 0.4) is 0 Å². The monoisotopic (exact) mass is 434 g/mol. The summed E-state index contributed by atoms with van der Waals surface area (Å²) >= 11 is 14.0. The van der Waals surface area contributed by atoms with E-state index < -0.39 is 0 Å². The molecule has 146 valence electrons. The first kappa shape index (κ1) is 18.5. The normalized spacial score (nSPS) is 21.2. The number of hydrogen-bond donors (Lipinski definition) is 1. The molecule has 1 saturated carbocycles. The van der Waals surface area contributed by atoms with Gasteiger partial charge in [0, 0.05) is 30.2 Å². The third-order valence-corrected chi connectivity index (χ3v) is 8.20. The summed E-state index contributed by atoms with van der Waals surface area (Å²) in [6, 6.07) is 5.96. The third-order valence-electron chi connectivity index (χ3n) is 6.20. The Bertz CT molecular complexity index is 1030. The van der Waals surface area contributed by atoms with Crippen molar-refractivity contribution in [1.82, 2.24) is 19.6 Å². The van der Waals surface area contributed by atoms with Crippen LogP contribution in [0.4, 0.5) is 5.95 Å². The predicted octanol–water partition coefficient (Wildman–Crippen LogP) is 4.29. The van der Waals surface area contributed by atoms with Crippen molar-refractivity contribution >= 4 is 46.6 Å². The Morgan fingerprint density at radius 2 is 1.96 bits per heavy atom. The number of nitrogens with two attached hydrogens (primary N) is 1. The van der Waals surface area contributed by atoms with E-state index in [1.54, 1.807) is 12.4 Å². The second kappa shape index (κ2) is 7.06. The molecule has 28 heavy (non-hydrogen) atoms. The fraction of sp³-hybridized carbons (Fsp3) is 0.421. The van der Waals surface area contributed by atoms with Gasteiger partial charge in [-0.2, -0.15) is 0 Å². The zero-order chi connectivity index (χ0) is 19.3. The number of anilines is 1. The van der Waals surface area contributed by atoms with Gasteiger partial charge < -0.3 is 10.6 Å². The van der Waals surface area contributed by atoms with Crippen LogP contribution in [0.25, 0.3) is 5.65 Å². The molecule has 2 aliphatic rings. The molecule has 2 N–H and O–H groups in total. The zero-order valence-corrected chi connectivity index (χ0v) is 17.5. The van der Waals surface area contributed by atoms with Gasteiger partial charge in [0.25, 0.3) is 0 Å². The molecule has 0 radical (unpaired) electrons. The predicted molar refractivity (Wildman–Crippen MR) is 112 cm³/mol. The lowest BCUT2D eigenvalue weighted by atomic mass is 9.60. The van der Waals surface area contributed by atoms with Crippen LogP contribution in [0.1, 0.15) is 25.7 Å². The molecule has 6 nitrogen and oxygen atoms in total. The molecule has 1 atom stereocenters. The quantitative estimate of drug-likeness (QED) is 0.662. The maximum absolute atomic E-state index is 6.34.